The first-order valence-electron chi connectivity index (χ1n) is 4.90. The molecule has 80 valence electrons. The summed E-state index contributed by atoms with van der Waals surface area (Å²) in [7, 11) is 0. The van der Waals surface area contributed by atoms with Crippen LogP contribution in [0.2, 0.25) is 0 Å². The minimum atomic E-state index is -0.229. The maximum atomic E-state index is 11.5. The Morgan fingerprint density at radius 3 is 2.67 bits per heavy atom. The van der Waals surface area contributed by atoms with Crippen LogP contribution in [0.5, 0.6) is 0 Å². The molecule has 1 rings (SSSR count). The fourth-order valence-corrected chi connectivity index (χ4v) is 1.05. The third-order valence-corrected chi connectivity index (χ3v) is 1.78. The number of nitrogens with two attached hydrogens (primary N) is 1. The maximum Gasteiger partial charge on any atom is 0.257 e. The van der Waals surface area contributed by atoms with E-state index in [2.05, 4.69) is 10.3 Å². The maximum absolute atomic E-state index is 11.5. The minimum absolute atomic E-state index is 0.172. The van der Waals surface area contributed by atoms with Crippen molar-refractivity contribution in [1.82, 2.24) is 5.32 Å². The number of amides is 1. The number of hydrogen-bond acceptors (Lipinski definition) is 2. The van der Waals surface area contributed by atoms with Crippen LogP contribution in [0.15, 0.2) is 35.3 Å². The van der Waals surface area contributed by atoms with E-state index in [9.17, 15) is 4.79 Å². The molecule has 3 N–H and O–H groups in total. The number of guanidine groups is 1. The normalized spacial score (nSPS) is 11.1. The Morgan fingerprint density at radius 1 is 1.40 bits per heavy atom. The Labute approximate surface area is 89.2 Å². The lowest BCUT2D eigenvalue weighted by Gasteiger charge is -2.03. The number of benzene rings is 1. The summed E-state index contributed by atoms with van der Waals surface area (Å²) in [5, 5.41) is 2.52. The van der Waals surface area contributed by atoms with Crippen molar-refractivity contribution in [2.75, 3.05) is 6.54 Å². The predicted molar refractivity (Wildman–Crippen MR) is 60.7 cm³/mol. The highest BCUT2D eigenvalue weighted by Gasteiger charge is 2.04. The zero-order valence-corrected chi connectivity index (χ0v) is 8.73. The van der Waals surface area contributed by atoms with Crippen LogP contribution in [0.1, 0.15) is 23.7 Å². The smallest absolute Gasteiger partial charge is 0.257 e. The quantitative estimate of drug-likeness (QED) is 0.574. The molecule has 0 fully saturated rings. The SMILES string of the molecule is CCCN=C(N)NC(=O)c1ccccc1. The average Bonchev–Trinajstić information content (AvgIpc) is 2.27. The molecule has 4 nitrogen and oxygen atoms in total. The number of hydrogen-bond donors (Lipinski definition) is 2. The van der Waals surface area contributed by atoms with E-state index in [0.29, 0.717) is 12.1 Å². The van der Waals surface area contributed by atoms with Crippen molar-refractivity contribution >= 4 is 11.9 Å². The van der Waals surface area contributed by atoms with E-state index >= 15 is 0 Å². The van der Waals surface area contributed by atoms with Crippen LogP contribution >= 0.6 is 0 Å². The summed E-state index contributed by atoms with van der Waals surface area (Å²) in [6.07, 6.45) is 0.905. The van der Waals surface area contributed by atoms with Crippen molar-refractivity contribution < 1.29 is 4.79 Å². The van der Waals surface area contributed by atoms with Crippen molar-refractivity contribution in [3.63, 3.8) is 0 Å². The van der Waals surface area contributed by atoms with Gasteiger partial charge in [-0.25, -0.2) is 0 Å². The standard InChI is InChI=1S/C11H15N3O/c1-2-8-13-11(12)14-10(15)9-6-4-3-5-7-9/h3-7H,2,8H2,1H3,(H3,12,13,14,15). The van der Waals surface area contributed by atoms with Gasteiger partial charge in [0.2, 0.25) is 0 Å². The average molecular weight is 205 g/mol. The van der Waals surface area contributed by atoms with E-state index < -0.39 is 0 Å². The van der Waals surface area contributed by atoms with Gasteiger partial charge in [0.25, 0.3) is 5.91 Å². The molecule has 1 amide bonds. The molecule has 1 aromatic carbocycles. The first-order valence-corrected chi connectivity index (χ1v) is 4.90. The van der Waals surface area contributed by atoms with Crippen LogP contribution in [0.4, 0.5) is 0 Å². The number of nitrogens with one attached hydrogen (secondary N) is 1. The van der Waals surface area contributed by atoms with Crippen molar-refractivity contribution in [1.29, 1.82) is 0 Å². The number of carbonyl (C=O) groups is 1. The van der Waals surface area contributed by atoms with E-state index in [-0.39, 0.29) is 11.9 Å². The Balaban J connectivity index is 2.57. The first kappa shape index (κ1) is 11.2. The van der Waals surface area contributed by atoms with Crippen LogP contribution in [-0.2, 0) is 0 Å². The molecule has 0 aromatic heterocycles. The lowest BCUT2D eigenvalue weighted by atomic mass is 10.2. The van der Waals surface area contributed by atoms with E-state index in [1.807, 2.05) is 13.0 Å². The molecule has 0 radical (unpaired) electrons. The Morgan fingerprint density at radius 2 is 2.07 bits per heavy atom. The Kier molecular flexibility index (Phi) is 4.34. The van der Waals surface area contributed by atoms with Crippen molar-refractivity contribution in [2.24, 2.45) is 10.7 Å². The highest BCUT2D eigenvalue weighted by molar-refractivity contribution is 6.05. The van der Waals surface area contributed by atoms with Crippen LogP contribution < -0.4 is 11.1 Å². The third kappa shape index (κ3) is 3.81. The summed E-state index contributed by atoms with van der Waals surface area (Å²) < 4.78 is 0. The second kappa shape index (κ2) is 5.80. The lowest BCUT2D eigenvalue weighted by Crippen LogP contribution is -2.36. The zero-order chi connectivity index (χ0) is 11.1. The van der Waals surface area contributed by atoms with Crippen molar-refractivity contribution in [3.05, 3.63) is 35.9 Å². The highest BCUT2D eigenvalue weighted by Crippen LogP contribution is 1.97. The summed E-state index contributed by atoms with van der Waals surface area (Å²) >= 11 is 0. The Hall–Kier alpha value is -1.84. The van der Waals surface area contributed by atoms with Crippen molar-refractivity contribution in [3.8, 4) is 0 Å². The van der Waals surface area contributed by atoms with Gasteiger partial charge in [-0.05, 0) is 18.6 Å². The van der Waals surface area contributed by atoms with Gasteiger partial charge in [0.15, 0.2) is 5.96 Å². The van der Waals surface area contributed by atoms with Crippen LogP contribution in [0, 0.1) is 0 Å². The number of aliphatic imine (C=N–C) groups is 1. The molecule has 0 saturated heterocycles. The van der Waals surface area contributed by atoms with E-state index in [1.165, 1.54) is 0 Å². The number of nitrogens with zero attached hydrogens (tertiary/aromatic N) is 1. The second-order valence-electron chi connectivity index (χ2n) is 3.09. The largest absolute Gasteiger partial charge is 0.370 e. The van der Waals surface area contributed by atoms with E-state index in [1.54, 1.807) is 24.3 Å². The van der Waals surface area contributed by atoms with E-state index in [4.69, 9.17) is 5.73 Å². The molecule has 15 heavy (non-hydrogen) atoms. The molecular formula is C11H15N3O. The summed E-state index contributed by atoms with van der Waals surface area (Å²) in [6, 6.07) is 8.90. The summed E-state index contributed by atoms with van der Waals surface area (Å²) in [5.41, 5.74) is 6.09. The third-order valence-electron chi connectivity index (χ3n) is 1.78. The van der Waals surface area contributed by atoms with Gasteiger partial charge in [0.1, 0.15) is 0 Å². The van der Waals surface area contributed by atoms with Crippen LogP contribution in [0.25, 0.3) is 0 Å². The predicted octanol–water partition coefficient (Wildman–Crippen LogP) is 1.14. The minimum Gasteiger partial charge on any atom is -0.370 e. The topological polar surface area (TPSA) is 67.5 Å². The van der Waals surface area contributed by atoms with Gasteiger partial charge >= 0.3 is 0 Å². The zero-order valence-electron chi connectivity index (χ0n) is 8.73. The number of carbonyl (C=O) groups excluding carboxylic acids is 1. The lowest BCUT2D eigenvalue weighted by molar-refractivity contribution is 0.0976. The molecule has 4 heteroatoms. The Bertz CT molecular complexity index is 346. The van der Waals surface area contributed by atoms with Gasteiger partial charge in [-0.2, -0.15) is 0 Å². The molecule has 0 bridgehead atoms. The summed E-state index contributed by atoms with van der Waals surface area (Å²) in [5.74, 6) is -0.0568. The second-order valence-corrected chi connectivity index (χ2v) is 3.09. The fourth-order valence-electron chi connectivity index (χ4n) is 1.05. The summed E-state index contributed by atoms with van der Waals surface area (Å²) in [4.78, 5) is 15.5. The van der Waals surface area contributed by atoms with Gasteiger partial charge in [-0.3, -0.25) is 15.1 Å². The molecule has 0 heterocycles. The monoisotopic (exact) mass is 205 g/mol. The first-order chi connectivity index (χ1) is 7.24. The molecule has 0 atom stereocenters. The molecule has 0 aliphatic heterocycles. The summed E-state index contributed by atoms with van der Waals surface area (Å²) in [6.45, 7) is 2.62. The molecule has 0 aliphatic carbocycles. The van der Waals surface area contributed by atoms with Crippen molar-refractivity contribution in [2.45, 2.75) is 13.3 Å². The molecule has 0 aliphatic rings. The van der Waals surface area contributed by atoms with Gasteiger partial charge in [-0.1, -0.05) is 25.1 Å². The van der Waals surface area contributed by atoms with E-state index in [0.717, 1.165) is 6.42 Å². The molecular weight excluding hydrogens is 190 g/mol. The van der Waals surface area contributed by atoms with Crippen LogP contribution in [-0.4, -0.2) is 18.4 Å². The molecule has 1 aromatic rings. The van der Waals surface area contributed by atoms with Gasteiger partial charge in [0, 0.05) is 12.1 Å². The molecule has 0 saturated carbocycles. The highest BCUT2D eigenvalue weighted by atomic mass is 16.1. The van der Waals surface area contributed by atoms with Gasteiger partial charge in [0.05, 0.1) is 0 Å². The molecule has 0 unspecified atom stereocenters. The molecule has 0 spiro atoms. The fraction of sp³-hybridized carbons (Fsp3) is 0.273. The van der Waals surface area contributed by atoms with Gasteiger partial charge in [-0.15, -0.1) is 0 Å². The van der Waals surface area contributed by atoms with Gasteiger partial charge < -0.3 is 5.73 Å². The number of rotatable bonds is 3. The van der Waals surface area contributed by atoms with Crippen LogP contribution in [0.3, 0.4) is 0 Å².